The fraction of sp³-hybridized carbons (Fsp3) is 0.357. The molecule has 1 unspecified atom stereocenters. The summed E-state index contributed by atoms with van der Waals surface area (Å²) in [5.74, 6) is -0.688. The molecule has 0 saturated carbocycles. The maximum atomic E-state index is 12.1. The van der Waals surface area contributed by atoms with Gasteiger partial charge in [-0.3, -0.25) is 14.4 Å². The smallest absolute Gasteiger partial charge is 0.242 e. The van der Waals surface area contributed by atoms with E-state index in [0.717, 1.165) is 0 Å². The standard InChI is InChI=1S/C14H16N2O3/c1-10-14(19)15-7-8-16(10)13(18)9-12(17)11-5-3-2-4-6-11/h2-6,10H,7-9H2,1H3,(H,15,19). The van der Waals surface area contributed by atoms with Crippen molar-refractivity contribution in [2.45, 2.75) is 19.4 Å². The molecule has 1 heterocycles. The summed E-state index contributed by atoms with van der Waals surface area (Å²) in [5.41, 5.74) is 0.518. The van der Waals surface area contributed by atoms with Crippen LogP contribution in [-0.4, -0.2) is 41.6 Å². The Bertz CT molecular complexity index is 499. The molecule has 0 bridgehead atoms. The van der Waals surface area contributed by atoms with Gasteiger partial charge >= 0.3 is 0 Å². The van der Waals surface area contributed by atoms with Gasteiger partial charge in [0.05, 0.1) is 6.42 Å². The first-order chi connectivity index (χ1) is 9.09. The molecule has 1 aliphatic rings. The number of ketones is 1. The van der Waals surface area contributed by atoms with Crippen LogP contribution in [-0.2, 0) is 9.59 Å². The Kier molecular flexibility index (Phi) is 3.94. The molecule has 19 heavy (non-hydrogen) atoms. The van der Waals surface area contributed by atoms with Crippen molar-refractivity contribution >= 4 is 17.6 Å². The summed E-state index contributed by atoms with van der Waals surface area (Å²) in [6, 6.07) is 8.19. The minimum Gasteiger partial charge on any atom is -0.353 e. The summed E-state index contributed by atoms with van der Waals surface area (Å²) in [6.45, 7) is 2.56. The Morgan fingerprint density at radius 2 is 2.00 bits per heavy atom. The number of hydrogen-bond donors (Lipinski definition) is 1. The van der Waals surface area contributed by atoms with Crippen LogP contribution in [0.4, 0.5) is 0 Å². The Labute approximate surface area is 111 Å². The number of benzene rings is 1. The molecular weight excluding hydrogens is 244 g/mol. The lowest BCUT2D eigenvalue weighted by Gasteiger charge is -2.32. The van der Waals surface area contributed by atoms with E-state index < -0.39 is 6.04 Å². The van der Waals surface area contributed by atoms with Crippen LogP contribution < -0.4 is 5.32 Å². The molecule has 1 fully saturated rings. The first kappa shape index (κ1) is 13.3. The lowest BCUT2D eigenvalue weighted by Crippen LogP contribution is -2.56. The summed E-state index contributed by atoms with van der Waals surface area (Å²) in [5, 5.41) is 2.68. The van der Waals surface area contributed by atoms with Crippen LogP contribution in [0.1, 0.15) is 23.7 Å². The van der Waals surface area contributed by atoms with Gasteiger partial charge in [0.25, 0.3) is 0 Å². The predicted octanol–water partition coefficient (Wildman–Crippen LogP) is 0.606. The summed E-state index contributed by atoms with van der Waals surface area (Å²) < 4.78 is 0. The largest absolute Gasteiger partial charge is 0.353 e. The highest BCUT2D eigenvalue weighted by Crippen LogP contribution is 2.09. The molecule has 0 aliphatic carbocycles. The molecule has 1 saturated heterocycles. The van der Waals surface area contributed by atoms with E-state index in [4.69, 9.17) is 0 Å². The Hall–Kier alpha value is -2.17. The second kappa shape index (κ2) is 5.65. The van der Waals surface area contributed by atoms with E-state index in [9.17, 15) is 14.4 Å². The van der Waals surface area contributed by atoms with Gasteiger partial charge in [-0.2, -0.15) is 0 Å². The highest BCUT2D eigenvalue weighted by molar-refractivity contribution is 6.08. The molecule has 5 heteroatoms. The zero-order chi connectivity index (χ0) is 13.8. The number of hydrogen-bond acceptors (Lipinski definition) is 3. The maximum Gasteiger partial charge on any atom is 0.242 e. The minimum absolute atomic E-state index is 0.174. The molecule has 1 aromatic carbocycles. The van der Waals surface area contributed by atoms with Gasteiger partial charge in [0.15, 0.2) is 5.78 Å². The number of carbonyl (C=O) groups is 3. The fourth-order valence-corrected chi connectivity index (χ4v) is 2.09. The molecular formula is C14H16N2O3. The third-order valence-electron chi connectivity index (χ3n) is 3.23. The third-order valence-corrected chi connectivity index (χ3v) is 3.23. The number of nitrogens with zero attached hydrogens (tertiary/aromatic N) is 1. The van der Waals surface area contributed by atoms with E-state index in [1.807, 2.05) is 6.07 Å². The van der Waals surface area contributed by atoms with Crippen molar-refractivity contribution in [3.63, 3.8) is 0 Å². The Morgan fingerprint density at radius 1 is 1.32 bits per heavy atom. The molecule has 100 valence electrons. The number of amides is 2. The molecule has 1 aliphatic heterocycles. The highest BCUT2D eigenvalue weighted by atomic mass is 16.2. The van der Waals surface area contributed by atoms with E-state index in [1.54, 1.807) is 31.2 Å². The lowest BCUT2D eigenvalue weighted by atomic mass is 10.1. The molecule has 0 radical (unpaired) electrons. The monoisotopic (exact) mass is 260 g/mol. The van der Waals surface area contributed by atoms with Crippen LogP contribution in [0, 0.1) is 0 Å². The predicted molar refractivity (Wildman–Crippen MR) is 69.6 cm³/mol. The van der Waals surface area contributed by atoms with Crippen LogP contribution in [0.2, 0.25) is 0 Å². The van der Waals surface area contributed by atoms with Gasteiger partial charge in [0, 0.05) is 18.7 Å². The van der Waals surface area contributed by atoms with Crippen molar-refractivity contribution in [1.82, 2.24) is 10.2 Å². The zero-order valence-electron chi connectivity index (χ0n) is 10.8. The number of piperazine rings is 1. The quantitative estimate of drug-likeness (QED) is 0.639. The first-order valence-electron chi connectivity index (χ1n) is 6.25. The second-order valence-electron chi connectivity index (χ2n) is 4.52. The number of carbonyl (C=O) groups excluding carboxylic acids is 3. The summed E-state index contributed by atoms with van der Waals surface area (Å²) in [4.78, 5) is 36.9. The maximum absolute atomic E-state index is 12.1. The molecule has 2 amide bonds. The van der Waals surface area contributed by atoms with Crippen molar-refractivity contribution < 1.29 is 14.4 Å². The third kappa shape index (κ3) is 2.99. The van der Waals surface area contributed by atoms with Crippen LogP contribution in [0.3, 0.4) is 0 Å². The Morgan fingerprint density at radius 3 is 2.68 bits per heavy atom. The van der Waals surface area contributed by atoms with Gasteiger partial charge in [0.1, 0.15) is 6.04 Å². The number of Topliss-reactive ketones (excluding diaryl/α,β-unsaturated/α-hetero) is 1. The Balaban J connectivity index is 2.01. The highest BCUT2D eigenvalue weighted by Gasteiger charge is 2.30. The van der Waals surface area contributed by atoms with Crippen LogP contribution in [0.15, 0.2) is 30.3 Å². The zero-order valence-corrected chi connectivity index (χ0v) is 10.8. The average molecular weight is 260 g/mol. The first-order valence-corrected chi connectivity index (χ1v) is 6.25. The molecule has 1 aromatic rings. The van der Waals surface area contributed by atoms with Gasteiger partial charge in [-0.05, 0) is 6.92 Å². The molecule has 2 rings (SSSR count). The fourth-order valence-electron chi connectivity index (χ4n) is 2.09. The number of rotatable bonds is 3. The topological polar surface area (TPSA) is 66.5 Å². The molecule has 1 N–H and O–H groups in total. The molecule has 0 aromatic heterocycles. The molecule has 5 nitrogen and oxygen atoms in total. The molecule has 0 spiro atoms. The lowest BCUT2D eigenvalue weighted by molar-refractivity contribution is -0.141. The van der Waals surface area contributed by atoms with Crippen LogP contribution >= 0.6 is 0 Å². The summed E-state index contributed by atoms with van der Waals surface area (Å²) >= 11 is 0. The SMILES string of the molecule is CC1C(=O)NCCN1C(=O)CC(=O)c1ccccc1. The van der Waals surface area contributed by atoms with Gasteiger partial charge < -0.3 is 10.2 Å². The van der Waals surface area contributed by atoms with E-state index in [0.29, 0.717) is 18.7 Å². The van der Waals surface area contributed by atoms with Crippen molar-refractivity contribution in [3.05, 3.63) is 35.9 Å². The number of nitrogens with one attached hydrogen (secondary N) is 1. The van der Waals surface area contributed by atoms with Crippen LogP contribution in [0.5, 0.6) is 0 Å². The molecule has 1 atom stereocenters. The van der Waals surface area contributed by atoms with E-state index in [2.05, 4.69) is 5.32 Å². The van der Waals surface area contributed by atoms with Gasteiger partial charge in [-0.25, -0.2) is 0 Å². The summed E-state index contributed by atoms with van der Waals surface area (Å²) in [7, 11) is 0. The van der Waals surface area contributed by atoms with E-state index >= 15 is 0 Å². The normalized spacial score (nSPS) is 18.9. The van der Waals surface area contributed by atoms with Crippen molar-refractivity contribution in [2.24, 2.45) is 0 Å². The average Bonchev–Trinajstić information content (AvgIpc) is 2.42. The summed E-state index contributed by atoms with van der Waals surface area (Å²) in [6.07, 6.45) is -0.193. The van der Waals surface area contributed by atoms with Gasteiger partial charge in [0.2, 0.25) is 11.8 Å². The van der Waals surface area contributed by atoms with Crippen molar-refractivity contribution in [2.75, 3.05) is 13.1 Å². The van der Waals surface area contributed by atoms with Gasteiger partial charge in [-0.1, -0.05) is 30.3 Å². The van der Waals surface area contributed by atoms with Gasteiger partial charge in [-0.15, -0.1) is 0 Å². The van der Waals surface area contributed by atoms with Crippen molar-refractivity contribution in [3.8, 4) is 0 Å². The van der Waals surface area contributed by atoms with Crippen LogP contribution in [0.25, 0.3) is 0 Å². The van der Waals surface area contributed by atoms with Crippen molar-refractivity contribution in [1.29, 1.82) is 0 Å². The van der Waals surface area contributed by atoms with E-state index in [1.165, 1.54) is 4.90 Å². The van der Waals surface area contributed by atoms with E-state index in [-0.39, 0.29) is 24.0 Å². The second-order valence-corrected chi connectivity index (χ2v) is 4.52. The minimum atomic E-state index is -0.509.